The van der Waals surface area contributed by atoms with Crippen LogP contribution in [-0.4, -0.2) is 89.4 Å². The van der Waals surface area contributed by atoms with Crippen LogP contribution in [0, 0.1) is 0 Å². The smallest absolute Gasteiger partial charge is 0.325 e. The summed E-state index contributed by atoms with van der Waals surface area (Å²) in [7, 11) is 0. The van der Waals surface area contributed by atoms with Crippen molar-refractivity contribution >= 4 is 23.8 Å². The van der Waals surface area contributed by atoms with Crippen molar-refractivity contribution in [3.63, 3.8) is 0 Å². The van der Waals surface area contributed by atoms with Crippen molar-refractivity contribution in [1.29, 1.82) is 0 Å². The van der Waals surface area contributed by atoms with E-state index in [1.807, 2.05) is 12.1 Å². The maximum Gasteiger partial charge on any atom is 0.325 e. The number of nitrogens with one attached hydrogen (secondary N) is 1. The number of benzene rings is 1. The van der Waals surface area contributed by atoms with Crippen molar-refractivity contribution in [2.75, 3.05) is 39.3 Å². The van der Waals surface area contributed by atoms with E-state index in [1.165, 1.54) is 0 Å². The number of para-hydroxylation sites is 2. The molecule has 3 aliphatic heterocycles. The Morgan fingerprint density at radius 1 is 1.06 bits per heavy atom. The number of carbonyl (C=O) groups is 4. The van der Waals surface area contributed by atoms with Crippen LogP contribution >= 0.6 is 0 Å². The van der Waals surface area contributed by atoms with E-state index in [-0.39, 0.29) is 37.3 Å². The van der Waals surface area contributed by atoms with E-state index in [0.717, 1.165) is 4.90 Å². The summed E-state index contributed by atoms with van der Waals surface area (Å²) < 4.78 is 11.4. The third-order valence-corrected chi connectivity index (χ3v) is 5.94. The highest BCUT2D eigenvalue weighted by Gasteiger charge is 2.43. The SMILES string of the molecule is CC1(C)NC(=O)N(CCCC(=O)N2CCN(C(=O)[C@@H]3COc4ccccc4O3)CC2)C1=O. The molecule has 0 aliphatic carbocycles. The Bertz CT molecular complexity index is 925. The van der Waals surface area contributed by atoms with E-state index < -0.39 is 17.7 Å². The number of nitrogens with zero attached hydrogens (tertiary/aromatic N) is 3. The van der Waals surface area contributed by atoms with Gasteiger partial charge in [-0.2, -0.15) is 0 Å². The second-order valence-corrected chi connectivity index (χ2v) is 8.69. The fourth-order valence-electron chi connectivity index (χ4n) is 4.09. The normalized spacial score (nSPS) is 22.1. The first kappa shape index (κ1) is 21.9. The highest BCUT2D eigenvalue weighted by Crippen LogP contribution is 2.31. The summed E-state index contributed by atoms with van der Waals surface area (Å²) in [5.41, 5.74) is -0.904. The number of hydrogen-bond acceptors (Lipinski definition) is 6. The van der Waals surface area contributed by atoms with Gasteiger partial charge < -0.3 is 24.6 Å². The number of carbonyl (C=O) groups excluding carboxylic acids is 4. The molecule has 1 aromatic carbocycles. The molecule has 2 fully saturated rings. The van der Waals surface area contributed by atoms with Crippen LogP contribution in [-0.2, 0) is 14.4 Å². The Morgan fingerprint density at radius 2 is 1.72 bits per heavy atom. The zero-order valence-corrected chi connectivity index (χ0v) is 18.3. The zero-order chi connectivity index (χ0) is 22.9. The van der Waals surface area contributed by atoms with Gasteiger partial charge in [0.2, 0.25) is 12.0 Å². The number of hydrogen-bond donors (Lipinski definition) is 1. The van der Waals surface area contributed by atoms with Gasteiger partial charge in [0.15, 0.2) is 11.5 Å². The second kappa shape index (κ2) is 8.68. The van der Waals surface area contributed by atoms with Gasteiger partial charge in [-0.15, -0.1) is 0 Å². The van der Waals surface area contributed by atoms with Crippen LogP contribution in [0.5, 0.6) is 11.5 Å². The Hall–Kier alpha value is -3.30. The average Bonchev–Trinajstić information content (AvgIpc) is 2.99. The molecular weight excluding hydrogens is 416 g/mol. The van der Waals surface area contributed by atoms with E-state index in [4.69, 9.17) is 9.47 Å². The van der Waals surface area contributed by atoms with Crippen LogP contribution < -0.4 is 14.8 Å². The van der Waals surface area contributed by atoms with Gasteiger partial charge in [-0.1, -0.05) is 12.1 Å². The Balaban J connectivity index is 1.21. The maximum absolute atomic E-state index is 12.8. The molecule has 1 atom stereocenters. The van der Waals surface area contributed by atoms with Gasteiger partial charge in [-0.3, -0.25) is 19.3 Å². The highest BCUT2D eigenvalue weighted by molar-refractivity contribution is 6.06. The number of imide groups is 1. The van der Waals surface area contributed by atoms with Gasteiger partial charge in [0, 0.05) is 39.1 Å². The molecule has 172 valence electrons. The molecule has 5 amide bonds. The van der Waals surface area contributed by atoms with Gasteiger partial charge in [0.1, 0.15) is 12.1 Å². The van der Waals surface area contributed by atoms with Gasteiger partial charge in [0.25, 0.3) is 11.8 Å². The molecule has 2 saturated heterocycles. The van der Waals surface area contributed by atoms with Crippen LogP contribution in [0.4, 0.5) is 4.79 Å². The summed E-state index contributed by atoms with van der Waals surface area (Å²) in [5.74, 6) is 0.712. The molecule has 10 heteroatoms. The lowest BCUT2D eigenvalue weighted by atomic mass is 10.1. The van der Waals surface area contributed by atoms with E-state index in [1.54, 1.807) is 35.8 Å². The van der Waals surface area contributed by atoms with Gasteiger partial charge in [0.05, 0.1) is 0 Å². The molecule has 4 rings (SSSR count). The van der Waals surface area contributed by atoms with E-state index >= 15 is 0 Å². The van der Waals surface area contributed by atoms with Crippen LogP contribution in [0.15, 0.2) is 24.3 Å². The van der Waals surface area contributed by atoms with E-state index in [2.05, 4.69) is 5.32 Å². The number of amides is 5. The van der Waals surface area contributed by atoms with Crippen molar-refractivity contribution in [2.24, 2.45) is 0 Å². The third-order valence-electron chi connectivity index (χ3n) is 5.94. The van der Waals surface area contributed by atoms with Crippen LogP contribution in [0.2, 0.25) is 0 Å². The molecule has 3 heterocycles. The van der Waals surface area contributed by atoms with Crippen molar-refractivity contribution in [2.45, 2.75) is 38.3 Å². The maximum atomic E-state index is 12.8. The summed E-state index contributed by atoms with van der Waals surface area (Å²) in [6, 6.07) is 6.82. The summed E-state index contributed by atoms with van der Waals surface area (Å²) in [6.45, 7) is 5.40. The van der Waals surface area contributed by atoms with Crippen molar-refractivity contribution in [3.05, 3.63) is 24.3 Å². The minimum absolute atomic E-state index is 0.0467. The molecule has 0 saturated carbocycles. The number of piperazine rings is 1. The molecule has 0 radical (unpaired) electrons. The van der Waals surface area contributed by atoms with Crippen molar-refractivity contribution in [1.82, 2.24) is 20.0 Å². The Kier molecular flexibility index (Phi) is 5.94. The first-order valence-corrected chi connectivity index (χ1v) is 10.9. The first-order valence-electron chi connectivity index (χ1n) is 10.9. The molecule has 1 aromatic rings. The minimum atomic E-state index is -0.904. The lowest BCUT2D eigenvalue weighted by Gasteiger charge is -2.37. The number of urea groups is 1. The van der Waals surface area contributed by atoms with Crippen LogP contribution in [0.1, 0.15) is 26.7 Å². The van der Waals surface area contributed by atoms with Gasteiger partial charge in [-0.25, -0.2) is 4.79 Å². The summed E-state index contributed by atoms with van der Waals surface area (Å²) in [6.07, 6.45) is -0.0534. The number of ether oxygens (including phenoxy) is 2. The third kappa shape index (κ3) is 4.35. The molecule has 1 N–H and O–H groups in total. The summed E-state index contributed by atoms with van der Waals surface area (Å²) >= 11 is 0. The molecule has 0 aromatic heterocycles. The molecular formula is C22H28N4O6. The fraction of sp³-hybridized carbons (Fsp3) is 0.545. The Labute approximate surface area is 186 Å². The minimum Gasteiger partial charge on any atom is -0.485 e. The lowest BCUT2D eigenvalue weighted by Crippen LogP contribution is -2.55. The average molecular weight is 444 g/mol. The topological polar surface area (TPSA) is 108 Å². The predicted octanol–water partition coefficient (Wildman–Crippen LogP) is 0.608. The molecule has 3 aliphatic rings. The van der Waals surface area contributed by atoms with Crippen molar-refractivity contribution < 1.29 is 28.7 Å². The fourth-order valence-corrected chi connectivity index (χ4v) is 4.09. The number of fused-ring (bicyclic) bond motifs is 1. The summed E-state index contributed by atoms with van der Waals surface area (Å²) in [4.78, 5) is 54.1. The first-order chi connectivity index (χ1) is 15.3. The zero-order valence-electron chi connectivity index (χ0n) is 18.3. The lowest BCUT2D eigenvalue weighted by molar-refractivity contribution is -0.146. The standard InChI is InChI=1S/C22H28N4O6/c1-22(2)20(29)26(21(30)23-22)9-5-8-18(27)24-10-12-25(13-11-24)19(28)17-14-31-15-6-3-4-7-16(15)32-17/h3-4,6-7,17H,5,8-14H2,1-2H3,(H,23,30)/t17-/m0/s1. The van der Waals surface area contributed by atoms with Gasteiger partial charge >= 0.3 is 6.03 Å². The molecule has 0 bridgehead atoms. The van der Waals surface area contributed by atoms with Crippen LogP contribution in [0.3, 0.4) is 0 Å². The summed E-state index contributed by atoms with van der Waals surface area (Å²) in [5, 5.41) is 2.63. The van der Waals surface area contributed by atoms with Crippen molar-refractivity contribution in [3.8, 4) is 11.5 Å². The predicted molar refractivity (Wildman–Crippen MR) is 113 cm³/mol. The molecule has 0 unspecified atom stereocenters. The molecule has 32 heavy (non-hydrogen) atoms. The van der Waals surface area contributed by atoms with Crippen LogP contribution in [0.25, 0.3) is 0 Å². The highest BCUT2D eigenvalue weighted by atomic mass is 16.6. The van der Waals surface area contributed by atoms with Gasteiger partial charge in [-0.05, 0) is 32.4 Å². The molecule has 10 nitrogen and oxygen atoms in total. The Morgan fingerprint density at radius 3 is 2.38 bits per heavy atom. The molecule has 0 spiro atoms. The number of rotatable bonds is 5. The van der Waals surface area contributed by atoms with E-state index in [0.29, 0.717) is 44.1 Å². The largest absolute Gasteiger partial charge is 0.485 e. The monoisotopic (exact) mass is 444 g/mol. The quantitative estimate of drug-likeness (QED) is 0.667. The second-order valence-electron chi connectivity index (χ2n) is 8.69. The van der Waals surface area contributed by atoms with E-state index in [9.17, 15) is 19.2 Å².